The number of nitrogens with one attached hydrogen (secondary N) is 1. The van der Waals surface area contributed by atoms with Crippen molar-refractivity contribution in [2.75, 3.05) is 33.2 Å². The van der Waals surface area contributed by atoms with Gasteiger partial charge < -0.3 is 10.2 Å². The van der Waals surface area contributed by atoms with Gasteiger partial charge in [-0.05, 0) is 57.3 Å². The predicted molar refractivity (Wildman–Crippen MR) is 67.2 cm³/mol. The molecule has 1 heterocycles. The molecule has 0 unspecified atom stereocenters. The minimum absolute atomic E-state index is 0.553. The summed E-state index contributed by atoms with van der Waals surface area (Å²) in [7, 11) is 2.27. The highest BCUT2D eigenvalue weighted by molar-refractivity contribution is 4.82. The van der Waals surface area contributed by atoms with Gasteiger partial charge in [0.15, 0.2) is 0 Å². The highest BCUT2D eigenvalue weighted by Crippen LogP contribution is 2.28. The molecule has 2 nitrogen and oxygen atoms in total. The Balaban J connectivity index is 2.25. The van der Waals surface area contributed by atoms with Gasteiger partial charge in [0.2, 0.25) is 0 Å². The molecule has 0 spiro atoms. The molecule has 0 aromatic carbocycles. The van der Waals surface area contributed by atoms with Gasteiger partial charge in [-0.3, -0.25) is 0 Å². The fraction of sp³-hybridized carbons (Fsp3) is 1.00. The number of hydrogen-bond donors (Lipinski definition) is 1. The van der Waals surface area contributed by atoms with Crippen LogP contribution in [0.2, 0.25) is 0 Å². The fourth-order valence-corrected chi connectivity index (χ4v) is 2.40. The first-order valence-electron chi connectivity index (χ1n) is 6.41. The van der Waals surface area contributed by atoms with E-state index in [0.717, 1.165) is 5.92 Å². The van der Waals surface area contributed by atoms with Gasteiger partial charge >= 0.3 is 0 Å². The van der Waals surface area contributed by atoms with E-state index in [1.165, 1.54) is 45.4 Å². The summed E-state index contributed by atoms with van der Waals surface area (Å²) < 4.78 is 0. The molecule has 2 heteroatoms. The second-order valence-electron chi connectivity index (χ2n) is 5.98. The smallest absolute Gasteiger partial charge is 0.00332 e. The third-order valence-corrected chi connectivity index (χ3v) is 3.55. The maximum atomic E-state index is 3.44. The predicted octanol–water partition coefficient (Wildman–Crippen LogP) is 2.35. The van der Waals surface area contributed by atoms with Gasteiger partial charge in [-0.25, -0.2) is 0 Å². The molecular weight excluding hydrogens is 184 g/mol. The van der Waals surface area contributed by atoms with E-state index in [0.29, 0.717) is 5.41 Å². The zero-order chi connectivity index (χ0) is 11.3. The fourth-order valence-electron chi connectivity index (χ4n) is 2.40. The van der Waals surface area contributed by atoms with Gasteiger partial charge in [-0.15, -0.1) is 0 Å². The lowest BCUT2D eigenvalue weighted by molar-refractivity contribution is 0.144. The molecule has 0 amide bonds. The molecule has 0 aliphatic carbocycles. The zero-order valence-corrected chi connectivity index (χ0v) is 11.0. The second kappa shape index (κ2) is 5.86. The topological polar surface area (TPSA) is 15.3 Å². The second-order valence-corrected chi connectivity index (χ2v) is 5.98. The van der Waals surface area contributed by atoms with Gasteiger partial charge in [0.25, 0.3) is 0 Å². The normalized spacial score (nSPS) is 21.2. The maximum Gasteiger partial charge on any atom is 0.00332 e. The first kappa shape index (κ1) is 13.0. The van der Waals surface area contributed by atoms with Crippen molar-refractivity contribution in [3.63, 3.8) is 0 Å². The summed E-state index contributed by atoms with van der Waals surface area (Å²) in [6.07, 6.45) is 3.99. The highest BCUT2D eigenvalue weighted by Gasteiger charge is 2.27. The van der Waals surface area contributed by atoms with Crippen LogP contribution >= 0.6 is 0 Å². The Morgan fingerprint density at radius 3 is 2.40 bits per heavy atom. The van der Waals surface area contributed by atoms with E-state index >= 15 is 0 Å². The Kier molecular flexibility index (Phi) is 5.07. The Hall–Kier alpha value is -0.0800. The third-order valence-electron chi connectivity index (χ3n) is 3.55. The molecule has 15 heavy (non-hydrogen) atoms. The quantitative estimate of drug-likeness (QED) is 0.752. The largest absolute Gasteiger partial charge is 0.317 e. The third kappa shape index (κ3) is 4.98. The first-order chi connectivity index (χ1) is 7.02. The summed E-state index contributed by atoms with van der Waals surface area (Å²) >= 11 is 0. The molecule has 0 bridgehead atoms. The summed E-state index contributed by atoms with van der Waals surface area (Å²) in [5.41, 5.74) is 0.553. The van der Waals surface area contributed by atoms with Crippen LogP contribution in [0.25, 0.3) is 0 Å². The van der Waals surface area contributed by atoms with E-state index in [4.69, 9.17) is 0 Å². The molecule has 1 aliphatic heterocycles. The van der Waals surface area contributed by atoms with Crippen LogP contribution < -0.4 is 5.32 Å². The van der Waals surface area contributed by atoms with Crippen molar-refractivity contribution in [2.24, 2.45) is 11.3 Å². The Bertz CT molecular complexity index is 171. The standard InChI is InChI=1S/C13H28N2/c1-12(2)5-10-15(4)11-13(3)6-8-14-9-7-13/h12,14H,5-11H2,1-4H3. The first-order valence-corrected chi connectivity index (χ1v) is 6.41. The molecular formula is C13H28N2. The average Bonchev–Trinajstić information content (AvgIpc) is 2.15. The van der Waals surface area contributed by atoms with E-state index in [9.17, 15) is 0 Å². The summed E-state index contributed by atoms with van der Waals surface area (Å²) in [5.74, 6) is 0.827. The van der Waals surface area contributed by atoms with Crippen LogP contribution in [0.3, 0.4) is 0 Å². The monoisotopic (exact) mass is 212 g/mol. The van der Waals surface area contributed by atoms with Crippen LogP contribution in [0, 0.1) is 11.3 Å². The maximum absolute atomic E-state index is 3.44. The minimum Gasteiger partial charge on any atom is -0.317 e. The van der Waals surface area contributed by atoms with Gasteiger partial charge in [0.05, 0.1) is 0 Å². The van der Waals surface area contributed by atoms with E-state index in [2.05, 4.69) is 38.0 Å². The summed E-state index contributed by atoms with van der Waals surface area (Å²) in [6, 6.07) is 0. The van der Waals surface area contributed by atoms with Crippen LogP contribution in [-0.2, 0) is 0 Å². The highest BCUT2D eigenvalue weighted by atomic mass is 15.1. The zero-order valence-electron chi connectivity index (χ0n) is 11.0. The Morgan fingerprint density at radius 2 is 1.87 bits per heavy atom. The Labute approximate surface area is 95.4 Å². The van der Waals surface area contributed by atoms with Crippen LogP contribution in [0.5, 0.6) is 0 Å². The van der Waals surface area contributed by atoms with Crippen molar-refractivity contribution >= 4 is 0 Å². The van der Waals surface area contributed by atoms with Gasteiger partial charge in [0, 0.05) is 6.54 Å². The van der Waals surface area contributed by atoms with Crippen LogP contribution in [0.1, 0.15) is 40.0 Å². The van der Waals surface area contributed by atoms with Crippen molar-refractivity contribution in [3.8, 4) is 0 Å². The van der Waals surface area contributed by atoms with Gasteiger partial charge in [-0.2, -0.15) is 0 Å². The SMILES string of the molecule is CC(C)CCN(C)CC1(C)CCNCC1. The van der Waals surface area contributed by atoms with E-state index in [1.807, 2.05) is 0 Å². The summed E-state index contributed by atoms with van der Waals surface area (Å²) in [5, 5.41) is 3.44. The van der Waals surface area contributed by atoms with Crippen LogP contribution in [0.4, 0.5) is 0 Å². The van der Waals surface area contributed by atoms with Crippen molar-refractivity contribution in [2.45, 2.75) is 40.0 Å². The van der Waals surface area contributed by atoms with Crippen molar-refractivity contribution < 1.29 is 0 Å². The number of piperidine rings is 1. The molecule has 0 radical (unpaired) electrons. The molecule has 90 valence electrons. The van der Waals surface area contributed by atoms with E-state index in [-0.39, 0.29) is 0 Å². The Morgan fingerprint density at radius 1 is 1.27 bits per heavy atom. The molecule has 1 aliphatic rings. The van der Waals surface area contributed by atoms with Crippen LogP contribution in [-0.4, -0.2) is 38.1 Å². The average molecular weight is 212 g/mol. The molecule has 1 N–H and O–H groups in total. The molecule has 1 rings (SSSR count). The molecule has 1 saturated heterocycles. The van der Waals surface area contributed by atoms with E-state index in [1.54, 1.807) is 0 Å². The van der Waals surface area contributed by atoms with Crippen LogP contribution in [0.15, 0.2) is 0 Å². The molecule has 0 saturated carbocycles. The molecule has 0 aromatic heterocycles. The lowest BCUT2D eigenvalue weighted by atomic mass is 9.80. The molecule has 1 fully saturated rings. The van der Waals surface area contributed by atoms with E-state index < -0.39 is 0 Å². The summed E-state index contributed by atoms with van der Waals surface area (Å²) in [4.78, 5) is 2.52. The van der Waals surface area contributed by atoms with Crippen molar-refractivity contribution in [3.05, 3.63) is 0 Å². The number of hydrogen-bond acceptors (Lipinski definition) is 2. The number of nitrogens with zero attached hydrogens (tertiary/aromatic N) is 1. The number of rotatable bonds is 5. The van der Waals surface area contributed by atoms with Crippen molar-refractivity contribution in [1.82, 2.24) is 10.2 Å². The van der Waals surface area contributed by atoms with Gasteiger partial charge in [0.1, 0.15) is 0 Å². The molecule has 0 aromatic rings. The van der Waals surface area contributed by atoms with Crippen molar-refractivity contribution in [1.29, 1.82) is 0 Å². The summed E-state index contributed by atoms with van der Waals surface area (Å²) in [6.45, 7) is 12.0. The lowest BCUT2D eigenvalue weighted by Crippen LogP contribution is -2.42. The molecule has 0 atom stereocenters. The van der Waals surface area contributed by atoms with Gasteiger partial charge in [-0.1, -0.05) is 20.8 Å². The lowest BCUT2D eigenvalue weighted by Gasteiger charge is -2.37. The minimum atomic E-state index is 0.553.